The number of para-hydroxylation sites is 1. The third-order valence-electron chi connectivity index (χ3n) is 2.82. The zero-order chi connectivity index (χ0) is 14.2. The Morgan fingerprint density at radius 3 is 2.25 bits per heavy atom. The van der Waals surface area contributed by atoms with E-state index in [1.807, 2.05) is 36.4 Å². The van der Waals surface area contributed by atoms with Crippen molar-refractivity contribution < 1.29 is 14.6 Å². The fourth-order valence-electron chi connectivity index (χ4n) is 1.85. The average molecular weight is 271 g/mol. The number of amides is 1. The number of carbonyl (C=O) groups excluding carboxylic acids is 1. The summed E-state index contributed by atoms with van der Waals surface area (Å²) < 4.78 is 5.12. The van der Waals surface area contributed by atoms with Crippen LogP contribution in [0.4, 0.5) is 4.79 Å². The molecule has 0 aliphatic carbocycles. The molecule has 0 saturated heterocycles. The van der Waals surface area contributed by atoms with Crippen molar-refractivity contribution in [3.05, 3.63) is 66.2 Å². The first-order chi connectivity index (χ1) is 9.78. The van der Waals surface area contributed by atoms with E-state index in [9.17, 15) is 9.90 Å². The minimum atomic E-state index is -0.564. The van der Waals surface area contributed by atoms with Gasteiger partial charge in [0.2, 0.25) is 0 Å². The van der Waals surface area contributed by atoms with Crippen LogP contribution in [0.1, 0.15) is 5.56 Å². The molecule has 0 aliphatic rings. The first-order valence-electron chi connectivity index (χ1n) is 6.46. The number of aliphatic hydroxyl groups is 1. The first kappa shape index (κ1) is 14.1. The Bertz CT molecular complexity index is 528. The minimum Gasteiger partial charge on any atom is -0.410 e. The highest BCUT2D eigenvalue weighted by atomic mass is 16.6. The average Bonchev–Trinajstić information content (AvgIpc) is 2.48. The van der Waals surface area contributed by atoms with E-state index >= 15 is 0 Å². The lowest BCUT2D eigenvalue weighted by Crippen LogP contribution is -2.40. The molecule has 104 valence electrons. The van der Waals surface area contributed by atoms with E-state index in [2.05, 4.69) is 5.32 Å². The first-order valence-corrected chi connectivity index (χ1v) is 6.46. The molecule has 0 aromatic heterocycles. The number of hydrogen-bond donors (Lipinski definition) is 2. The summed E-state index contributed by atoms with van der Waals surface area (Å²) in [6, 6.07) is 18.1. The summed E-state index contributed by atoms with van der Waals surface area (Å²) in [5.74, 6) is 0.474. The Morgan fingerprint density at radius 2 is 1.65 bits per heavy atom. The number of nitrogens with one attached hydrogen (secondary N) is 1. The molecular weight excluding hydrogens is 254 g/mol. The number of rotatable bonds is 5. The van der Waals surface area contributed by atoms with Gasteiger partial charge in [-0.3, -0.25) is 0 Å². The van der Waals surface area contributed by atoms with Crippen LogP contribution in [0.25, 0.3) is 0 Å². The van der Waals surface area contributed by atoms with Gasteiger partial charge < -0.3 is 15.2 Å². The largest absolute Gasteiger partial charge is 0.412 e. The van der Waals surface area contributed by atoms with Gasteiger partial charge in [0.1, 0.15) is 5.75 Å². The highest BCUT2D eigenvalue weighted by molar-refractivity contribution is 5.70. The van der Waals surface area contributed by atoms with Crippen LogP contribution in [0.3, 0.4) is 0 Å². The Labute approximate surface area is 118 Å². The Morgan fingerprint density at radius 1 is 1.05 bits per heavy atom. The van der Waals surface area contributed by atoms with Crippen molar-refractivity contribution in [1.82, 2.24) is 5.32 Å². The van der Waals surface area contributed by atoms with Crippen LogP contribution in [0, 0.1) is 0 Å². The van der Waals surface area contributed by atoms with Crippen molar-refractivity contribution in [3.8, 4) is 5.75 Å². The van der Waals surface area contributed by atoms with Gasteiger partial charge in [-0.2, -0.15) is 0 Å². The van der Waals surface area contributed by atoms with Crippen LogP contribution in [0.5, 0.6) is 5.75 Å². The highest BCUT2D eigenvalue weighted by Gasteiger charge is 2.13. The van der Waals surface area contributed by atoms with E-state index in [0.717, 1.165) is 5.56 Å². The van der Waals surface area contributed by atoms with Crippen molar-refractivity contribution in [3.63, 3.8) is 0 Å². The summed E-state index contributed by atoms with van der Waals surface area (Å²) in [6.07, 6.45) is -0.00695. The molecule has 2 N–H and O–H groups in total. The molecule has 2 aromatic carbocycles. The third kappa shape index (κ3) is 4.40. The number of ether oxygens (including phenoxy) is 1. The van der Waals surface area contributed by atoms with Gasteiger partial charge in [-0.25, -0.2) is 4.79 Å². The lowest BCUT2D eigenvalue weighted by atomic mass is 10.1. The molecule has 0 fully saturated rings. The molecular formula is C16H17NO3. The number of hydrogen-bond acceptors (Lipinski definition) is 3. The number of aliphatic hydroxyl groups excluding tert-OH is 1. The van der Waals surface area contributed by atoms with Crippen LogP contribution < -0.4 is 10.1 Å². The normalized spacial score (nSPS) is 11.7. The van der Waals surface area contributed by atoms with Crippen LogP contribution in [-0.2, 0) is 6.42 Å². The minimum absolute atomic E-state index is 0.140. The zero-order valence-electron chi connectivity index (χ0n) is 11.0. The van der Waals surface area contributed by atoms with Gasteiger partial charge in [0.25, 0.3) is 0 Å². The summed E-state index contributed by atoms with van der Waals surface area (Å²) in [5, 5.41) is 12.0. The van der Waals surface area contributed by atoms with Crippen LogP contribution in [0.2, 0.25) is 0 Å². The molecule has 1 unspecified atom stereocenters. The van der Waals surface area contributed by atoms with Gasteiger partial charge in [0, 0.05) is 0 Å². The molecule has 0 saturated carbocycles. The van der Waals surface area contributed by atoms with Crippen molar-refractivity contribution in [2.75, 3.05) is 6.61 Å². The zero-order valence-corrected chi connectivity index (χ0v) is 11.0. The van der Waals surface area contributed by atoms with Crippen molar-refractivity contribution in [1.29, 1.82) is 0 Å². The molecule has 0 bridgehead atoms. The van der Waals surface area contributed by atoms with Gasteiger partial charge in [0.15, 0.2) is 0 Å². The molecule has 4 nitrogen and oxygen atoms in total. The monoisotopic (exact) mass is 271 g/mol. The van der Waals surface area contributed by atoms with E-state index in [4.69, 9.17) is 4.74 Å². The molecule has 4 heteroatoms. The maximum Gasteiger partial charge on any atom is 0.412 e. The fraction of sp³-hybridized carbons (Fsp3) is 0.188. The van der Waals surface area contributed by atoms with Gasteiger partial charge in [0.05, 0.1) is 12.6 Å². The molecule has 20 heavy (non-hydrogen) atoms. The Balaban J connectivity index is 1.88. The summed E-state index contributed by atoms with van der Waals surface area (Å²) in [6.45, 7) is -0.140. The molecule has 1 atom stereocenters. The van der Waals surface area contributed by atoms with E-state index < -0.39 is 6.09 Å². The van der Waals surface area contributed by atoms with Gasteiger partial charge in [-0.1, -0.05) is 48.5 Å². The lowest BCUT2D eigenvalue weighted by Gasteiger charge is -2.16. The van der Waals surface area contributed by atoms with E-state index in [1.165, 1.54) is 0 Å². The van der Waals surface area contributed by atoms with Gasteiger partial charge in [-0.15, -0.1) is 0 Å². The van der Waals surface area contributed by atoms with Crippen LogP contribution in [-0.4, -0.2) is 23.8 Å². The second-order valence-electron chi connectivity index (χ2n) is 4.42. The summed E-state index contributed by atoms with van der Waals surface area (Å²) in [4.78, 5) is 11.7. The number of benzene rings is 2. The lowest BCUT2D eigenvalue weighted by molar-refractivity contribution is 0.182. The highest BCUT2D eigenvalue weighted by Crippen LogP contribution is 2.09. The third-order valence-corrected chi connectivity index (χ3v) is 2.82. The Kier molecular flexibility index (Phi) is 5.15. The molecule has 0 spiro atoms. The van der Waals surface area contributed by atoms with E-state index in [0.29, 0.717) is 12.2 Å². The number of carbonyl (C=O) groups is 1. The van der Waals surface area contributed by atoms with E-state index in [1.54, 1.807) is 24.3 Å². The van der Waals surface area contributed by atoms with Gasteiger partial charge >= 0.3 is 6.09 Å². The van der Waals surface area contributed by atoms with Crippen LogP contribution in [0.15, 0.2) is 60.7 Å². The maximum atomic E-state index is 11.7. The predicted molar refractivity (Wildman–Crippen MR) is 76.6 cm³/mol. The molecule has 0 aliphatic heterocycles. The molecule has 1 amide bonds. The quantitative estimate of drug-likeness (QED) is 0.877. The van der Waals surface area contributed by atoms with Crippen molar-refractivity contribution in [2.24, 2.45) is 0 Å². The smallest absolute Gasteiger partial charge is 0.410 e. The predicted octanol–water partition coefficient (Wildman–Crippen LogP) is 2.38. The van der Waals surface area contributed by atoms with Crippen molar-refractivity contribution in [2.45, 2.75) is 12.5 Å². The second kappa shape index (κ2) is 7.31. The molecule has 0 heterocycles. The molecule has 0 radical (unpaired) electrons. The second-order valence-corrected chi connectivity index (χ2v) is 4.42. The summed E-state index contributed by atoms with van der Waals surface area (Å²) in [5.41, 5.74) is 1.05. The Hall–Kier alpha value is -2.33. The summed E-state index contributed by atoms with van der Waals surface area (Å²) in [7, 11) is 0. The molecule has 2 rings (SSSR count). The maximum absolute atomic E-state index is 11.7. The van der Waals surface area contributed by atoms with Crippen molar-refractivity contribution >= 4 is 6.09 Å². The standard InChI is InChI=1S/C16H17NO3/c18-12-14(11-13-7-3-1-4-8-13)17-16(19)20-15-9-5-2-6-10-15/h1-10,14,18H,11-12H2,(H,17,19). The van der Waals surface area contributed by atoms with E-state index in [-0.39, 0.29) is 12.6 Å². The fourth-order valence-corrected chi connectivity index (χ4v) is 1.85. The topological polar surface area (TPSA) is 58.6 Å². The van der Waals surface area contributed by atoms with Gasteiger partial charge in [-0.05, 0) is 24.1 Å². The van der Waals surface area contributed by atoms with Crippen LogP contribution >= 0.6 is 0 Å². The summed E-state index contributed by atoms with van der Waals surface area (Å²) >= 11 is 0. The SMILES string of the molecule is O=C(NC(CO)Cc1ccccc1)Oc1ccccc1. The molecule has 2 aromatic rings.